The van der Waals surface area contributed by atoms with Crippen LogP contribution >= 0.6 is 11.3 Å². The Hall–Kier alpha value is -0.870. The van der Waals surface area contributed by atoms with E-state index in [0.717, 1.165) is 25.8 Å². The second-order valence-corrected chi connectivity index (χ2v) is 6.15. The van der Waals surface area contributed by atoms with Crippen LogP contribution in [0.4, 0.5) is 0 Å². The highest BCUT2D eigenvalue weighted by Crippen LogP contribution is 2.38. The Labute approximate surface area is 107 Å². The number of amides is 1. The van der Waals surface area contributed by atoms with Gasteiger partial charge in [-0.15, -0.1) is 11.3 Å². The summed E-state index contributed by atoms with van der Waals surface area (Å²) < 4.78 is 0. The van der Waals surface area contributed by atoms with Crippen LogP contribution in [0.1, 0.15) is 24.6 Å². The van der Waals surface area contributed by atoms with Gasteiger partial charge in [0.2, 0.25) is 5.91 Å². The van der Waals surface area contributed by atoms with Gasteiger partial charge in [0, 0.05) is 18.5 Å². The second kappa shape index (κ2) is 4.78. The summed E-state index contributed by atoms with van der Waals surface area (Å²) in [5.74, 6) is 0.468. The molecule has 1 amide bonds. The standard InChI is InChI=1S/C13H20N2OS/c1-13(14,10-5-6-10)12(16)15(2)8-7-11-4-3-9-17-11/h3-4,9-10H,5-8,14H2,1-2H3. The summed E-state index contributed by atoms with van der Waals surface area (Å²) in [7, 11) is 1.85. The summed E-state index contributed by atoms with van der Waals surface area (Å²) in [6.45, 7) is 2.62. The number of thiophene rings is 1. The Kier molecular flexibility index (Phi) is 3.54. The number of rotatable bonds is 5. The van der Waals surface area contributed by atoms with E-state index in [-0.39, 0.29) is 5.91 Å². The van der Waals surface area contributed by atoms with Gasteiger partial charge < -0.3 is 10.6 Å². The van der Waals surface area contributed by atoms with Gasteiger partial charge in [-0.1, -0.05) is 6.07 Å². The summed E-state index contributed by atoms with van der Waals surface area (Å²) in [4.78, 5) is 15.3. The first-order valence-corrected chi connectivity index (χ1v) is 6.96. The molecule has 0 bridgehead atoms. The molecule has 2 rings (SSSR count). The Balaban J connectivity index is 1.86. The summed E-state index contributed by atoms with van der Waals surface area (Å²) in [5.41, 5.74) is 5.46. The van der Waals surface area contributed by atoms with Gasteiger partial charge in [-0.2, -0.15) is 0 Å². The van der Waals surface area contributed by atoms with E-state index in [9.17, 15) is 4.79 Å². The maximum atomic E-state index is 12.2. The lowest BCUT2D eigenvalue weighted by Crippen LogP contribution is -2.54. The summed E-state index contributed by atoms with van der Waals surface area (Å²) in [5, 5.41) is 2.06. The zero-order valence-corrected chi connectivity index (χ0v) is 11.3. The highest BCUT2D eigenvalue weighted by Gasteiger charge is 2.45. The number of likely N-dealkylation sites (N-methyl/N-ethyl adjacent to an activating group) is 1. The SMILES string of the molecule is CN(CCc1cccs1)C(=O)C(C)(N)C1CC1. The molecule has 4 heteroatoms. The highest BCUT2D eigenvalue weighted by molar-refractivity contribution is 7.09. The molecule has 1 fully saturated rings. The van der Waals surface area contributed by atoms with Crippen LogP contribution in [0, 0.1) is 5.92 Å². The van der Waals surface area contributed by atoms with E-state index >= 15 is 0 Å². The number of nitrogens with two attached hydrogens (primary N) is 1. The summed E-state index contributed by atoms with van der Waals surface area (Å²) >= 11 is 1.73. The average Bonchev–Trinajstić information content (AvgIpc) is 3.04. The van der Waals surface area contributed by atoms with Gasteiger partial charge in [-0.3, -0.25) is 4.79 Å². The average molecular weight is 252 g/mol. The van der Waals surface area contributed by atoms with Crippen LogP contribution in [0.15, 0.2) is 17.5 Å². The molecule has 1 heterocycles. The van der Waals surface area contributed by atoms with Gasteiger partial charge in [0.25, 0.3) is 0 Å². The van der Waals surface area contributed by atoms with Crippen LogP contribution < -0.4 is 5.73 Å². The molecular weight excluding hydrogens is 232 g/mol. The Morgan fingerprint density at radius 3 is 2.88 bits per heavy atom. The van der Waals surface area contributed by atoms with Gasteiger partial charge in [-0.25, -0.2) is 0 Å². The number of hydrogen-bond acceptors (Lipinski definition) is 3. The molecule has 1 atom stereocenters. The first-order chi connectivity index (χ1) is 8.01. The first kappa shape index (κ1) is 12.6. The molecule has 2 N–H and O–H groups in total. The molecule has 17 heavy (non-hydrogen) atoms. The minimum Gasteiger partial charge on any atom is -0.344 e. The van der Waals surface area contributed by atoms with Gasteiger partial charge in [0.1, 0.15) is 0 Å². The van der Waals surface area contributed by atoms with Crippen LogP contribution in [0.25, 0.3) is 0 Å². The lowest BCUT2D eigenvalue weighted by Gasteiger charge is -2.29. The zero-order chi connectivity index (χ0) is 12.5. The Morgan fingerprint density at radius 2 is 2.35 bits per heavy atom. The lowest BCUT2D eigenvalue weighted by molar-refractivity contribution is -0.135. The highest BCUT2D eigenvalue weighted by atomic mass is 32.1. The molecule has 1 aromatic rings. The van der Waals surface area contributed by atoms with E-state index in [2.05, 4.69) is 11.4 Å². The van der Waals surface area contributed by atoms with Crippen molar-refractivity contribution >= 4 is 17.2 Å². The zero-order valence-electron chi connectivity index (χ0n) is 10.5. The summed E-state index contributed by atoms with van der Waals surface area (Å²) in [6.07, 6.45) is 3.11. The number of carbonyl (C=O) groups is 1. The number of nitrogens with zero attached hydrogens (tertiary/aromatic N) is 1. The van der Waals surface area contributed by atoms with Crippen LogP contribution in [0.3, 0.4) is 0 Å². The largest absolute Gasteiger partial charge is 0.344 e. The molecule has 3 nitrogen and oxygen atoms in total. The van der Waals surface area contributed by atoms with Crippen molar-refractivity contribution < 1.29 is 4.79 Å². The molecule has 0 spiro atoms. The molecular formula is C13H20N2OS. The van der Waals surface area contributed by atoms with Gasteiger partial charge in [-0.05, 0) is 43.6 Å². The monoisotopic (exact) mass is 252 g/mol. The molecule has 0 aromatic carbocycles. The van der Waals surface area contributed by atoms with Gasteiger partial charge in [0.15, 0.2) is 0 Å². The van der Waals surface area contributed by atoms with E-state index in [0.29, 0.717) is 5.92 Å². The van der Waals surface area contributed by atoms with Crippen molar-refractivity contribution in [1.29, 1.82) is 0 Å². The fourth-order valence-corrected chi connectivity index (χ4v) is 2.80. The summed E-state index contributed by atoms with van der Waals surface area (Å²) in [6, 6.07) is 4.14. The predicted molar refractivity (Wildman–Crippen MR) is 71.0 cm³/mol. The maximum absolute atomic E-state index is 12.2. The van der Waals surface area contributed by atoms with Gasteiger partial charge in [0.05, 0.1) is 5.54 Å². The van der Waals surface area contributed by atoms with Crippen molar-refractivity contribution in [2.45, 2.75) is 31.7 Å². The van der Waals surface area contributed by atoms with Gasteiger partial charge >= 0.3 is 0 Å². The molecule has 0 aliphatic heterocycles. The quantitative estimate of drug-likeness (QED) is 0.869. The molecule has 1 saturated carbocycles. The first-order valence-electron chi connectivity index (χ1n) is 6.08. The van der Waals surface area contributed by atoms with E-state index < -0.39 is 5.54 Å². The van der Waals surface area contributed by atoms with Crippen LogP contribution in [0.2, 0.25) is 0 Å². The van der Waals surface area contributed by atoms with E-state index in [4.69, 9.17) is 5.73 Å². The van der Waals surface area contributed by atoms with Crippen molar-refractivity contribution in [3.05, 3.63) is 22.4 Å². The van der Waals surface area contributed by atoms with E-state index in [1.165, 1.54) is 4.88 Å². The van der Waals surface area contributed by atoms with Crippen molar-refractivity contribution in [3.63, 3.8) is 0 Å². The van der Waals surface area contributed by atoms with Crippen molar-refractivity contribution in [2.24, 2.45) is 11.7 Å². The molecule has 1 aromatic heterocycles. The molecule has 0 radical (unpaired) electrons. The fraction of sp³-hybridized carbons (Fsp3) is 0.615. The third kappa shape index (κ3) is 2.87. The second-order valence-electron chi connectivity index (χ2n) is 5.11. The molecule has 0 saturated heterocycles. The van der Waals surface area contributed by atoms with Crippen LogP contribution in [-0.2, 0) is 11.2 Å². The molecule has 1 aliphatic rings. The fourth-order valence-electron chi connectivity index (χ4n) is 2.10. The number of carbonyl (C=O) groups excluding carboxylic acids is 1. The van der Waals surface area contributed by atoms with Crippen LogP contribution in [0.5, 0.6) is 0 Å². The molecule has 1 aliphatic carbocycles. The normalized spacial score (nSPS) is 18.8. The minimum atomic E-state index is -0.663. The van der Waals surface area contributed by atoms with Crippen molar-refractivity contribution in [3.8, 4) is 0 Å². The maximum Gasteiger partial charge on any atom is 0.242 e. The van der Waals surface area contributed by atoms with Crippen LogP contribution in [-0.4, -0.2) is 29.9 Å². The topological polar surface area (TPSA) is 46.3 Å². The van der Waals surface area contributed by atoms with Crippen molar-refractivity contribution in [1.82, 2.24) is 4.90 Å². The lowest BCUT2D eigenvalue weighted by atomic mass is 9.95. The third-order valence-electron chi connectivity index (χ3n) is 3.51. The minimum absolute atomic E-state index is 0.0801. The number of hydrogen-bond donors (Lipinski definition) is 1. The Bertz CT molecular complexity index is 382. The smallest absolute Gasteiger partial charge is 0.242 e. The van der Waals surface area contributed by atoms with E-state index in [1.54, 1.807) is 16.2 Å². The molecule has 1 unspecified atom stereocenters. The van der Waals surface area contributed by atoms with Crippen molar-refractivity contribution in [2.75, 3.05) is 13.6 Å². The van der Waals surface area contributed by atoms with E-state index in [1.807, 2.05) is 20.0 Å². The molecule has 94 valence electrons. The third-order valence-corrected chi connectivity index (χ3v) is 4.44. The predicted octanol–water partition coefficient (Wildman–Crippen LogP) is 1.88. The Morgan fingerprint density at radius 1 is 1.65 bits per heavy atom.